The second-order valence-corrected chi connectivity index (χ2v) is 8.63. The van der Waals surface area contributed by atoms with Gasteiger partial charge in [-0.15, -0.1) is 0 Å². The number of nitrogens with two attached hydrogens (primary N) is 1. The van der Waals surface area contributed by atoms with Crippen LogP contribution in [0.15, 0.2) is 48.8 Å². The maximum Gasteiger partial charge on any atom is 0.230 e. The van der Waals surface area contributed by atoms with Gasteiger partial charge in [0.1, 0.15) is 17.9 Å². The van der Waals surface area contributed by atoms with Gasteiger partial charge in [0.2, 0.25) is 5.95 Å². The Labute approximate surface area is 169 Å². The molecule has 0 aliphatic carbocycles. The lowest BCUT2D eigenvalue weighted by Gasteiger charge is -2.11. The molecule has 0 saturated heterocycles. The monoisotopic (exact) mass is 415 g/mol. The van der Waals surface area contributed by atoms with E-state index in [0.717, 1.165) is 6.42 Å². The number of rotatable bonds is 7. The van der Waals surface area contributed by atoms with Gasteiger partial charge in [0.25, 0.3) is 0 Å². The van der Waals surface area contributed by atoms with Crippen LogP contribution in [0.2, 0.25) is 0 Å². The first kappa shape index (κ1) is 20.7. The van der Waals surface area contributed by atoms with E-state index < -0.39 is 15.5 Å². The van der Waals surface area contributed by atoms with E-state index in [1.807, 2.05) is 13.0 Å². The summed E-state index contributed by atoms with van der Waals surface area (Å²) in [5.41, 5.74) is 1.98. The van der Waals surface area contributed by atoms with Gasteiger partial charge in [-0.1, -0.05) is 19.1 Å². The zero-order chi connectivity index (χ0) is 20.9. The van der Waals surface area contributed by atoms with Crippen molar-refractivity contribution < 1.29 is 13.3 Å². The summed E-state index contributed by atoms with van der Waals surface area (Å²) < 4.78 is 31.1. The number of hydrogen-bond acceptors (Lipinski definition) is 6. The van der Waals surface area contributed by atoms with Crippen LogP contribution in [-0.2, 0) is 9.71 Å². The third kappa shape index (κ3) is 5.97. The van der Waals surface area contributed by atoms with Crippen LogP contribution in [-0.4, -0.2) is 37.4 Å². The molecule has 152 valence electrons. The number of halogens is 1. The molecule has 2 aromatic carbocycles. The van der Waals surface area contributed by atoms with Crippen LogP contribution in [0.5, 0.6) is 5.75 Å². The van der Waals surface area contributed by atoms with Crippen molar-refractivity contribution in [3.05, 3.63) is 60.2 Å². The van der Waals surface area contributed by atoms with E-state index >= 15 is 0 Å². The molecule has 29 heavy (non-hydrogen) atoms. The molecule has 1 heterocycles. The van der Waals surface area contributed by atoms with E-state index in [2.05, 4.69) is 20.3 Å². The quantitative estimate of drug-likeness (QED) is 0.575. The van der Waals surface area contributed by atoms with Gasteiger partial charge in [-0.2, -0.15) is 4.98 Å². The molecule has 1 aromatic heterocycles. The van der Waals surface area contributed by atoms with E-state index in [1.54, 1.807) is 24.3 Å². The van der Waals surface area contributed by atoms with Crippen LogP contribution in [0.3, 0.4) is 0 Å². The van der Waals surface area contributed by atoms with Crippen LogP contribution in [0, 0.1) is 5.82 Å². The van der Waals surface area contributed by atoms with E-state index in [-0.39, 0.29) is 0 Å². The fourth-order valence-electron chi connectivity index (χ4n) is 2.59. The van der Waals surface area contributed by atoms with Gasteiger partial charge in [-0.25, -0.2) is 14.4 Å². The highest BCUT2D eigenvalue weighted by atomic mass is 32.2. The molecule has 0 aliphatic rings. The number of anilines is 2. The molecule has 3 aromatic rings. The van der Waals surface area contributed by atoms with Gasteiger partial charge in [0.05, 0.1) is 12.2 Å². The minimum absolute atomic E-state index is 0.308. The van der Waals surface area contributed by atoms with Crippen molar-refractivity contribution in [2.45, 2.75) is 13.3 Å². The molecule has 3 rings (SSSR count). The van der Waals surface area contributed by atoms with Crippen LogP contribution in [0.25, 0.3) is 11.4 Å². The zero-order valence-corrected chi connectivity index (χ0v) is 16.9. The molecule has 0 saturated carbocycles. The number of hydrogen-bond donors (Lipinski definition) is 2. The first-order valence-electron chi connectivity index (χ1n) is 8.94. The molecule has 0 bridgehead atoms. The molecule has 0 fully saturated rings. The summed E-state index contributed by atoms with van der Waals surface area (Å²) in [4.78, 5) is 12.7. The molecule has 7 nitrogen and oxygen atoms in total. The van der Waals surface area contributed by atoms with Crippen molar-refractivity contribution in [3.63, 3.8) is 0 Å². The molecule has 0 aliphatic heterocycles. The van der Waals surface area contributed by atoms with E-state index in [4.69, 9.17) is 9.88 Å². The number of nitrogens with one attached hydrogen (secondary N) is 1. The average Bonchev–Trinajstić information content (AvgIpc) is 2.65. The Morgan fingerprint density at radius 3 is 2.83 bits per heavy atom. The summed E-state index contributed by atoms with van der Waals surface area (Å²) in [7, 11) is -2.51. The normalized spacial score (nSPS) is 12.8. The number of benzene rings is 2. The molecule has 1 unspecified atom stereocenters. The van der Waals surface area contributed by atoms with Crippen molar-refractivity contribution in [1.29, 1.82) is 0 Å². The summed E-state index contributed by atoms with van der Waals surface area (Å²) in [5, 5.41) is 10.2. The van der Waals surface area contributed by atoms with Gasteiger partial charge < -0.3 is 10.1 Å². The first-order valence-corrected chi connectivity index (χ1v) is 11.0. The zero-order valence-electron chi connectivity index (χ0n) is 16.1. The standard InChI is InChI=1S/C20H22FN5O2S/c1-3-9-28-18-11-15(21)7-8-17(18)19-23-13-24-20(26-19)25-16-6-4-5-14(10-16)12-29(2,22)27/h4-8,10-13H,3,9H2,1-2H3,(H2,22,27)(H,23,24,25,26). The maximum absolute atomic E-state index is 13.6. The van der Waals surface area contributed by atoms with Gasteiger partial charge in [0, 0.05) is 33.1 Å². The van der Waals surface area contributed by atoms with Gasteiger partial charge >= 0.3 is 0 Å². The SMILES string of the molecule is CCCOc1cc(F)ccc1-c1ncnc(Nc2cccc(C=S(C)(N)=O)c2)n1. The second kappa shape index (κ2) is 8.97. The number of ether oxygens (including phenoxy) is 1. The molecule has 0 amide bonds. The van der Waals surface area contributed by atoms with Gasteiger partial charge in [-0.3, -0.25) is 9.35 Å². The first-order chi connectivity index (χ1) is 13.8. The van der Waals surface area contributed by atoms with E-state index in [0.29, 0.717) is 40.9 Å². The van der Waals surface area contributed by atoms with Crippen molar-refractivity contribution in [2.24, 2.45) is 5.14 Å². The minimum atomic E-state index is -2.51. The highest BCUT2D eigenvalue weighted by Gasteiger charge is 2.12. The lowest BCUT2D eigenvalue weighted by molar-refractivity contribution is 0.317. The van der Waals surface area contributed by atoms with Crippen molar-refractivity contribution in [1.82, 2.24) is 15.0 Å². The van der Waals surface area contributed by atoms with Crippen LogP contribution in [0.4, 0.5) is 16.0 Å². The highest BCUT2D eigenvalue weighted by molar-refractivity contribution is 7.98. The summed E-state index contributed by atoms with van der Waals surface area (Å²) in [5.74, 6) is 0.645. The van der Waals surface area contributed by atoms with E-state index in [1.165, 1.54) is 30.1 Å². The molecule has 3 N–H and O–H groups in total. The lowest BCUT2D eigenvalue weighted by Crippen LogP contribution is -2.13. The summed E-state index contributed by atoms with van der Waals surface area (Å²) in [6.07, 6.45) is 3.62. The smallest absolute Gasteiger partial charge is 0.230 e. The predicted octanol–water partition coefficient (Wildman–Crippen LogP) is 3.15. The molecule has 9 heteroatoms. The topological polar surface area (TPSA) is 103 Å². The third-order valence-electron chi connectivity index (χ3n) is 3.73. The molecule has 0 spiro atoms. The largest absolute Gasteiger partial charge is 0.493 e. The fraction of sp³-hybridized carbons (Fsp3) is 0.200. The lowest BCUT2D eigenvalue weighted by atomic mass is 10.2. The van der Waals surface area contributed by atoms with Crippen LogP contribution in [0.1, 0.15) is 18.9 Å². The van der Waals surface area contributed by atoms with Gasteiger partial charge in [0.15, 0.2) is 5.82 Å². The molecular weight excluding hydrogens is 393 g/mol. The number of nitrogens with zero attached hydrogens (tertiary/aromatic N) is 3. The number of aromatic nitrogens is 3. The van der Waals surface area contributed by atoms with Crippen molar-refractivity contribution in [2.75, 3.05) is 18.2 Å². The molecule has 1 atom stereocenters. The minimum Gasteiger partial charge on any atom is -0.493 e. The summed E-state index contributed by atoms with van der Waals surface area (Å²) in [6.45, 7) is 2.43. The van der Waals surface area contributed by atoms with Crippen LogP contribution >= 0.6 is 0 Å². The van der Waals surface area contributed by atoms with Crippen LogP contribution < -0.4 is 15.2 Å². The average molecular weight is 415 g/mol. The Bertz CT molecular complexity index is 1120. The Balaban J connectivity index is 1.90. The summed E-state index contributed by atoms with van der Waals surface area (Å²) in [6, 6.07) is 11.4. The Morgan fingerprint density at radius 2 is 2.07 bits per heavy atom. The predicted molar refractivity (Wildman–Crippen MR) is 114 cm³/mol. The Kier molecular flexibility index (Phi) is 6.40. The highest BCUT2D eigenvalue weighted by Crippen LogP contribution is 2.29. The Hall–Kier alpha value is -3.04. The van der Waals surface area contributed by atoms with E-state index in [9.17, 15) is 8.60 Å². The van der Waals surface area contributed by atoms with Crippen molar-refractivity contribution in [3.8, 4) is 17.1 Å². The van der Waals surface area contributed by atoms with Gasteiger partial charge in [-0.05, 0) is 36.2 Å². The maximum atomic E-state index is 13.6. The second-order valence-electron chi connectivity index (χ2n) is 6.46. The van der Waals surface area contributed by atoms with Crippen molar-refractivity contribution >= 4 is 26.7 Å². The fourth-order valence-corrected chi connectivity index (χ4v) is 3.27. The molecular formula is C20H22FN5O2S. The Morgan fingerprint density at radius 1 is 1.24 bits per heavy atom. The summed E-state index contributed by atoms with van der Waals surface area (Å²) >= 11 is 0. The third-order valence-corrected chi connectivity index (χ3v) is 4.47. The molecule has 0 radical (unpaired) electrons.